The molecule has 2 rings (SSSR count). The van der Waals surface area contributed by atoms with Crippen LogP contribution in [0.25, 0.3) is 0 Å². The third-order valence-corrected chi connectivity index (χ3v) is 4.10. The Kier molecular flexibility index (Phi) is 3.97. The normalized spacial score (nSPS) is 25.6. The molecule has 2 fully saturated rings. The minimum atomic E-state index is -2.69. The zero-order valence-electron chi connectivity index (χ0n) is 12.5. The molecule has 0 bridgehead atoms. The van der Waals surface area contributed by atoms with Crippen LogP contribution in [0, 0.1) is 0 Å². The lowest BCUT2D eigenvalue weighted by Gasteiger charge is -2.49. The van der Waals surface area contributed by atoms with Crippen LogP contribution in [0.3, 0.4) is 0 Å². The van der Waals surface area contributed by atoms with E-state index >= 15 is 0 Å². The van der Waals surface area contributed by atoms with Crippen molar-refractivity contribution in [2.45, 2.75) is 63.5 Å². The molecule has 2 aliphatic rings. The van der Waals surface area contributed by atoms with Crippen molar-refractivity contribution in [1.82, 2.24) is 10.2 Å². The van der Waals surface area contributed by atoms with Gasteiger partial charge in [0, 0.05) is 19.5 Å². The first-order valence-electron chi connectivity index (χ1n) is 7.26. The predicted molar refractivity (Wildman–Crippen MR) is 72.0 cm³/mol. The number of rotatable bonds is 0. The van der Waals surface area contributed by atoms with Gasteiger partial charge >= 0.3 is 6.09 Å². The van der Waals surface area contributed by atoms with Gasteiger partial charge in [-0.25, -0.2) is 13.6 Å². The summed E-state index contributed by atoms with van der Waals surface area (Å²) < 4.78 is 33.6. The Hall–Kier alpha value is -0.910. The van der Waals surface area contributed by atoms with Gasteiger partial charge in [0.05, 0.1) is 5.54 Å². The van der Waals surface area contributed by atoms with E-state index in [1.807, 2.05) is 0 Å². The average molecular weight is 290 g/mol. The number of carbonyl (C=O) groups excluding carboxylic acids is 1. The van der Waals surface area contributed by atoms with Gasteiger partial charge in [-0.2, -0.15) is 0 Å². The topological polar surface area (TPSA) is 41.6 Å². The highest BCUT2D eigenvalue weighted by molar-refractivity contribution is 5.68. The smallest absolute Gasteiger partial charge is 0.410 e. The number of alkyl halides is 2. The lowest BCUT2D eigenvalue weighted by atomic mass is 9.77. The number of nitrogens with zero attached hydrogens (tertiary/aromatic N) is 1. The summed E-state index contributed by atoms with van der Waals surface area (Å²) in [7, 11) is 0. The quantitative estimate of drug-likeness (QED) is 0.746. The minimum absolute atomic E-state index is 0.0631. The first kappa shape index (κ1) is 15.5. The van der Waals surface area contributed by atoms with Crippen molar-refractivity contribution in [2.75, 3.05) is 19.6 Å². The van der Waals surface area contributed by atoms with Gasteiger partial charge in [-0.15, -0.1) is 0 Å². The molecule has 0 saturated carbocycles. The van der Waals surface area contributed by atoms with E-state index in [1.165, 1.54) is 4.90 Å². The molecular weight excluding hydrogens is 266 g/mol. The van der Waals surface area contributed by atoms with Gasteiger partial charge in [-0.1, -0.05) is 0 Å². The number of hydrogen-bond acceptors (Lipinski definition) is 3. The molecular formula is C14H24F2N2O2. The first-order valence-corrected chi connectivity index (χ1v) is 7.26. The third-order valence-electron chi connectivity index (χ3n) is 4.10. The molecule has 0 unspecified atom stereocenters. The Balaban J connectivity index is 1.96. The number of hydrogen-bond donors (Lipinski definition) is 1. The molecule has 2 aliphatic heterocycles. The van der Waals surface area contributed by atoms with Crippen molar-refractivity contribution >= 4 is 6.09 Å². The summed E-state index contributed by atoms with van der Waals surface area (Å²) in [4.78, 5) is 13.5. The lowest BCUT2D eigenvalue weighted by Crippen LogP contribution is -2.66. The van der Waals surface area contributed by atoms with Crippen LogP contribution in [0.15, 0.2) is 0 Å². The van der Waals surface area contributed by atoms with Crippen LogP contribution in [-0.2, 0) is 4.74 Å². The number of piperidine rings is 2. The molecule has 2 heterocycles. The van der Waals surface area contributed by atoms with E-state index in [1.54, 1.807) is 20.8 Å². The Morgan fingerprint density at radius 1 is 1.20 bits per heavy atom. The van der Waals surface area contributed by atoms with E-state index in [-0.39, 0.29) is 19.3 Å². The molecule has 4 nitrogen and oxygen atoms in total. The molecule has 20 heavy (non-hydrogen) atoms. The fourth-order valence-corrected chi connectivity index (χ4v) is 2.95. The summed E-state index contributed by atoms with van der Waals surface area (Å²) in [5, 5.41) is 3.00. The van der Waals surface area contributed by atoms with Gasteiger partial charge in [0.1, 0.15) is 5.60 Å². The zero-order chi connectivity index (χ0) is 15.0. The molecule has 1 N–H and O–H groups in total. The third kappa shape index (κ3) is 3.05. The Morgan fingerprint density at radius 2 is 1.80 bits per heavy atom. The summed E-state index contributed by atoms with van der Waals surface area (Å²) in [6.07, 6.45) is 0.585. The second-order valence-corrected chi connectivity index (χ2v) is 6.78. The standard InChI is InChI=1S/C14H24F2N2O2/c1-12(2,3)20-11(19)18-9-6-13(7-10-18)14(15,16)5-4-8-17-13/h17H,4-10H2,1-3H3. The van der Waals surface area contributed by atoms with E-state index < -0.39 is 23.2 Å². The van der Waals surface area contributed by atoms with Crippen molar-refractivity contribution < 1.29 is 18.3 Å². The number of halogens is 2. The molecule has 2 saturated heterocycles. The van der Waals surface area contributed by atoms with E-state index in [4.69, 9.17) is 4.74 Å². The highest BCUT2D eigenvalue weighted by Gasteiger charge is 2.55. The van der Waals surface area contributed by atoms with Gasteiger partial charge in [0.15, 0.2) is 0 Å². The van der Waals surface area contributed by atoms with Gasteiger partial charge < -0.3 is 15.0 Å². The molecule has 116 valence electrons. The lowest BCUT2D eigenvalue weighted by molar-refractivity contribution is -0.132. The summed E-state index contributed by atoms with van der Waals surface area (Å²) >= 11 is 0. The van der Waals surface area contributed by atoms with Gasteiger partial charge in [-0.3, -0.25) is 0 Å². The predicted octanol–water partition coefficient (Wildman–Crippen LogP) is 2.77. The number of likely N-dealkylation sites (tertiary alicyclic amines) is 1. The van der Waals surface area contributed by atoms with Crippen molar-refractivity contribution in [3.8, 4) is 0 Å². The highest BCUT2D eigenvalue weighted by Crippen LogP contribution is 2.42. The molecule has 1 amide bonds. The SMILES string of the molecule is CC(C)(C)OC(=O)N1CCC2(CC1)NCCCC2(F)F. The first-order chi connectivity index (χ1) is 9.15. The van der Waals surface area contributed by atoms with Crippen molar-refractivity contribution in [2.24, 2.45) is 0 Å². The molecule has 1 spiro atoms. The summed E-state index contributed by atoms with van der Waals surface area (Å²) in [5.74, 6) is -2.69. The average Bonchev–Trinajstić information content (AvgIpc) is 2.32. The Labute approximate surface area is 118 Å². The van der Waals surface area contributed by atoms with E-state index in [2.05, 4.69) is 5.32 Å². The maximum Gasteiger partial charge on any atom is 0.410 e. The fraction of sp³-hybridized carbons (Fsp3) is 0.929. The molecule has 0 aromatic carbocycles. The number of amides is 1. The maximum atomic E-state index is 14.1. The fourth-order valence-electron chi connectivity index (χ4n) is 2.95. The van der Waals surface area contributed by atoms with Crippen molar-refractivity contribution in [3.63, 3.8) is 0 Å². The number of ether oxygens (including phenoxy) is 1. The second-order valence-electron chi connectivity index (χ2n) is 6.78. The molecule has 0 atom stereocenters. The van der Waals surface area contributed by atoms with Crippen LogP contribution in [0.2, 0.25) is 0 Å². The maximum absolute atomic E-state index is 14.1. The van der Waals surface area contributed by atoms with Crippen LogP contribution < -0.4 is 5.32 Å². The van der Waals surface area contributed by atoms with Crippen molar-refractivity contribution in [3.05, 3.63) is 0 Å². The molecule has 0 radical (unpaired) electrons. The van der Waals surface area contributed by atoms with Crippen LogP contribution in [0.5, 0.6) is 0 Å². The van der Waals surface area contributed by atoms with Crippen LogP contribution in [0.4, 0.5) is 13.6 Å². The Bertz CT molecular complexity index is 372. The van der Waals surface area contributed by atoms with Gasteiger partial charge in [-0.05, 0) is 46.6 Å². The van der Waals surface area contributed by atoms with E-state index in [0.717, 1.165) is 0 Å². The van der Waals surface area contributed by atoms with E-state index in [0.29, 0.717) is 26.1 Å². The minimum Gasteiger partial charge on any atom is -0.444 e. The zero-order valence-corrected chi connectivity index (χ0v) is 12.5. The Morgan fingerprint density at radius 3 is 2.30 bits per heavy atom. The molecule has 6 heteroatoms. The number of carbonyl (C=O) groups is 1. The van der Waals surface area contributed by atoms with Crippen LogP contribution in [0.1, 0.15) is 46.5 Å². The van der Waals surface area contributed by atoms with E-state index in [9.17, 15) is 13.6 Å². The second kappa shape index (κ2) is 5.13. The molecule has 0 aromatic heterocycles. The molecule has 0 aliphatic carbocycles. The van der Waals surface area contributed by atoms with Crippen molar-refractivity contribution in [1.29, 1.82) is 0 Å². The summed E-state index contributed by atoms with van der Waals surface area (Å²) in [6, 6.07) is 0. The summed E-state index contributed by atoms with van der Waals surface area (Å²) in [5.41, 5.74) is -1.69. The highest BCUT2D eigenvalue weighted by atomic mass is 19.3. The van der Waals surface area contributed by atoms with Gasteiger partial charge in [0.2, 0.25) is 0 Å². The summed E-state index contributed by atoms with van der Waals surface area (Å²) in [6.45, 7) is 6.66. The molecule has 0 aromatic rings. The largest absolute Gasteiger partial charge is 0.444 e. The van der Waals surface area contributed by atoms with Gasteiger partial charge in [0.25, 0.3) is 5.92 Å². The number of nitrogens with one attached hydrogen (secondary N) is 1. The van der Waals surface area contributed by atoms with Crippen LogP contribution >= 0.6 is 0 Å². The van der Waals surface area contributed by atoms with Crippen LogP contribution in [-0.4, -0.2) is 47.7 Å². The monoisotopic (exact) mass is 290 g/mol.